The third-order valence-corrected chi connectivity index (χ3v) is 6.41. The van der Waals surface area contributed by atoms with E-state index in [4.69, 9.17) is 0 Å². The smallest absolute Gasteiger partial charge is 0.253 e. The molecule has 0 aromatic heterocycles. The van der Waals surface area contributed by atoms with Gasteiger partial charge in [0.1, 0.15) is 0 Å². The van der Waals surface area contributed by atoms with E-state index in [9.17, 15) is 13.2 Å². The van der Waals surface area contributed by atoms with Gasteiger partial charge in [0.05, 0.1) is 4.90 Å². The minimum absolute atomic E-state index is 0.000745. The second kappa shape index (κ2) is 6.01. The van der Waals surface area contributed by atoms with Crippen molar-refractivity contribution in [3.8, 4) is 0 Å². The molecule has 1 amide bonds. The van der Waals surface area contributed by atoms with E-state index in [2.05, 4.69) is 0 Å². The van der Waals surface area contributed by atoms with Crippen molar-refractivity contribution in [2.75, 3.05) is 20.1 Å². The molecular weight excluding hydrogens is 300 g/mol. The van der Waals surface area contributed by atoms with E-state index in [-0.39, 0.29) is 16.8 Å². The van der Waals surface area contributed by atoms with Crippen molar-refractivity contribution in [1.82, 2.24) is 9.21 Å². The molecule has 1 heterocycles. The van der Waals surface area contributed by atoms with Gasteiger partial charge in [-0.05, 0) is 56.4 Å². The van der Waals surface area contributed by atoms with Crippen LogP contribution < -0.4 is 0 Å². The van der Waals surface area contributed by atoms with Crippen molar-refractivity contribution >= 4 is 15.9 Å². The standard InChI is InChI=1S/C16H22N2O3S/c1-17(14-7-8-14)22(20,21)15-9-5-13(6-10-15)16(19)18-11-3-2-4-12-18/h5-6,9-10,14H,2-4,7-8,11-12H2,1H3. The van der Waals surface area contributed by atoms with Crippen LogP contribution in [0.5, 0.6) is 0 Å². The second-order valence-electron chi connectivity index (χ2n) is 6.13. The van der Waals surface area contributed by atoms with Gasteiger partial charge in [-0.25, -0.2) is 8.42 Å². The molecular formula is C16H22N2O3S. The first-order valence-corrected chi connectivity index (χ1v) is 9.31. The number of piperidine rings is 1. The van der Waals surface area contributed by atoms with Crippen molar-refractivity contribution in [1.29, 1.82) is 0 Å². The molecule has 1 saturated heterocycles. The van der Waals surface area contributed by atoms with E-state index in [1.807, 2.05) is 4.90 Å². The highest BCUT2D eigenvalue weighted by Crippen LogP contribution is 2.30. The van der Waals surface area contributed by atoms with Gasteiger partial charge in [-0.15, -0.1) is 0 Å². The van der Waals surface area contributed by atoms with Gasteiger partial charge < -0.3 is 4.90 Å². The quantitative estimate of drug-likeness (QED) is 0.853. The SMILES string of the molecule is CN(C1CC1)S(=O)(=O)c1ccc(C(=O)N2CCCCC2)cc1. The van der Waals surface area contributed by atoms with Crippen LogP contribution >= 0.6 is 0 Å². The highest BCUT2D eigenvalue weighted by atomic mass is 32.2. The summed E-state index contributed by atoms with van der Waals surface area (Å²) < 4.78 is 26.3. The number of amides is 1. The van der Waals surface area contributed by atoms with E-state index in [1.165, 1.54) is 10.7 Å². The van der Waals surface area contributed by atoms with Crippen molar-refractivity contribution in [3.63, 3.8) is 0 Å². The first-order chi connectivity index (χ1) is 10.5. The van der Waals surface area contributed by atoms with E-state index in [0.717, 1.165) is 38.8 Å². The zero-order valence-electron chi connectivity index (χ0n) is 12.9. The summed E-state index contributed by atoms with van der Waals surface area (Å²) in [5.41, 5.74) is 0.565. The van der Waals surface area contributed by atoms with Crippen LogP contribution in [0.3, 0.4) is 0 Å². The van der Waals surface area contributed by atoms with Gasteiger partial charge in [-0.1, -0.05) is 0 Å². The summed E-state index contributed by atoms with van der Waals surface area (Å²) in [5.74, 6) is -0.000745. The molecule has 22 heavy (non-hydrogen) atoms. The summed E-state index contributed by atoms with van der Waals surface area (Å²) in [6.07, 6.45) is 5.13. The maximum Gasteiger partial charge on any atom is 0.253 e. The summed E-state index contributed by atoms with van der Waals surface area (Å²) in [6.45, 7) is 1.59. The lowest BCUT2D eigenvalue weighted by Crippen LogP contribution is -2.35. The molecule has 0 radical (unpaired) electrons. The molecule has 120 valence electrons. The van der Waals surface area contributed by atoms with E-state index in [1.54, 1.807) is 31.3 Å². The van der Waals surface area contributed by atoms with Crippen LogP contribution in [0.1, 0.15) is 42.5 Å². The van der Waals surface area contributed by atoms with Gasteiger partial charge in [0.2, 0.25) is 10.0 Å². The van der Waals surface area contributed by atoms with Gasteiger partial charge >= 0.3 is 0 Å². The minimum Gasteiger partial charge on any atom is -0.339 e. The number of rotatable bonds is 4. The van der Waals surface area contributed by atoms with E-state index >= 15 is 0 Å². The lowest BCUT2D eigenvalue weighted by Gasteiger charge is -2.26. The first-order valence-electron chi connectivity index (χ1n) is 7.87. The summed E-state index contributed by atoms with van der Waals surface area (Å²) in [5, 5.41) is 0. The minimum atomic E-state index is -3.43. The molecule has 1 aromatic rings. The fourth-order valence-electron chi connectivity index (χ4n) is 2.85. The first kappa shape index (κ1) is 15.5. The van der Waals surface area contributed by atoms with Crippen molar-refractivity contribution in [2.45, 2.75) is 43.0 Å². The molecule has 0 spiro atoms. The molecule has 0 unspecified atom stereocenters. The number of benzene rings is 1. The Morgan fingerprint density at radius 2 is 1.68 bits per heavy atom. The zero-order chi connectivity index (χ0) is 15.7. The monoisotopic (exact) mass is 322 g/mol. The molecule has 3 rings (SSSR count). The van der Waals surface area contributed by atoms with Gasteiger partial charge in [-0.2, -0.15) is 4.31 Å². The number of hydrogen-bond donors (Lipinski definition) is 0. The zero-order valence-corrected chi connectivity index (χ0v) is 13.7. The Bertz CT molecular complexity index is 644. The number of carbonyl (C=O) groups is 1. The summed E-state index contributed by atoms with van der Waals surface area (Å²) in [6, 6.07) is 6.49. The topological polar surface area (TPSA) is 57.7 Å². The second-order valence-corrected chi connectivity index (χ2v) is 8.13. The highest BCUT2D eigenvalue weighted by Gasteiger charge is 2.35. The number of carbonyl (C=O) groups excluding carboxylic acids is 1. The van der Waals surface area contributed by atoms with Gasteiger partial charge in [0, 0.05) is 31.7 Å². The Morgan fingerprint density at radius 1 is 1.09 bits per heavy atom. The van der Waals surface area contributed by atoms with Crippen LogP contribution in [0.4, 0.5) is 0 Å². The maximum atomic E-state index is 12.4. The van der Waals surface area contributed by atoms with Gasteiger partial charge in [0.15, 0.2) is 0 Å². The van der Waals surface area contributed by atoms with Crippen LogP contribution in [0.2, 0.25) is 0 Å². The maximum absolute atomic E-state index is 12.4. The van der Waals surface area contributed by atoms with E-state index < -0.39 is 10.0 Å². The molecule has 6 heteroatoms. The van der Waals surface area contributed by atoms with Gasteiger partial charge in [0.25, 0.3) is 5.91 Å². The number of hydrogen-bond acceptors (Lipinski definition) is 3. The number of nitrogens with zero attached hydrogens (tertiary/aromatic N) is 2. The lowest BCUT2D eigenvalue weighted by molar-refractivity contribution is 0.0724. The molecule has 0 bridgehead atoms. The van der Waals surface area contributed by atoms with Crippen molar-refractivity contribution in [3.05, 3.63) is 29.8 Å². The molecule has 2 fully saturated rings. The average molecular weight is 322 g/mol. The summed E-state index contributed by atoms with van der Waals surface area (Å²) in [4.78, 5) is 14.5. The van der Waals surface area contributed by atoms with Crippen LogP contribution in [0.25, 0.3) is 0 Å². The van der Waals surface area contributed by atoms with Crippen LogP contribution in [-0.2, 0) is 10.0 Å². The molecule has 5 nitrogen and oxygen atoms in total. The normalized spacial score (nSPS) is 19.5. The highest BCUT2D eigenvalue weighted by molar-refractivity contribution is 7.89. The fourth-order valence-corrected chi connectivity index (χ4v) is 4.27. The fraction of sp³-hybridized carbons (Fsp3) is 0.562. The van der Waals surface area contributed by atoms with Crippen LogP contribution in [0, 0.1) is 0 Å². The summed E-state index contributed by atoms with van der Waals surface area (Å²) in [7, 11) is -1.81. The van der Waals surface area contributed by atoms with Crippen molar-refractivity contribution < 1.29 is 13.2 Å². The molecule has 2 aliphatic rings. The largest absolute Gasteiger partial charge is 0.339 e. The van der Waals surface area contributed by atoms with Crippen LogP contribution in [-0.4, -0.2) is 49.7 Å². The van der Waals surface area contributed by atoms with Crippen molar-refractivity contribution in [2.24, 2.45) is 0 Å². The Kier molecular flexibility index (Phi) is 4.23. The molecule has 1 aliphatic carbocycles. The Balaban J connectivity index is 1.76. The molecule has 1 aliphatic heterocycles. The predicted molar refractivity (Wildman–Crippen MR) is 84.2 cm³/mol. The lowest BCUT2D eigenvalue weighted by atomic mass is 10.1. The van der Waals surface area contributed by atoms with E-state index in [0.29, 0.717) is 5.56 Å². The van der Waals surface area contributed by atoms with Crippen LogP contribution in [0.15, 0.2) is 29.2 Å². The molecule has 1 aromatic carbocycles. The number of likely N-dealkylation sites (tertiary alicyclic amines) is 1. The Labute approximate surface area is 132 Å². The average Bonchev–Trinajstić information content (AvgIpc) is 3.39. The third kappa shape index (κ3) is 3.03. The molecule has 0 N–H and O–H groups in total. The number of sulfonamides is 1. The third-order valence-electron chi connectivity index (χ3n) is 4.48. The summed E-state index contributed by atoms with van der Waals surface area (Å²) >= 11 is 0. The Morgan fingerprint density at radius 3 is 2.23 bits per heavy atom. The molecule has 1 saturated carbocycles. The molecule has 0 atom stereocenters. The Hall–Kier alpha value is -1.40. The van der Waals surface area contributed by atoms with Gasteiger partial charge in [-0.3, -0.25) is 4.79 Å². The predicted octanol–water partition coefficient (Wildman–Crippen LogP) is 2.10.